The van der Waals surface area contributed by atoms with E-state index in [-0.39, 0.29) is 6.10 Å². The van der Waals surface area contributed by atoms with Crippen LogP contribution in [0, 0.1) is 17.8 Å². The highest BCUT2D eigenvalue weighted by Gasteiger charge is 2.29. The first-order chi connectivity index (χ1) is 8.02. The zero-order valence-electron chi connectivity index (χ0n) is 12.2. The van der Waals surface area contributed by atoms with Crippen molar-refractivity contribution in [2.24, 2.45) is 17.8 Å². The minimum Gasteiger partial charge on any atom is -0.393 e. The molecule has 17 heavy (non-hydrogen) atoms. The predicted octanol–water partition coefficient (Wildman–Crippen LogP) is 3.15. The van der Waals surface area contributed by atoms with E-state index in [9.17, 15) is 5.11 Å². The van der Waals surface area contributed by atoms with Crippen molar-refractivity contribution in [3.05, 3.63) is 0 Å². The molecule has 0 aromatic heterocycles. The first kappa shape index (κ1) is 15.0. The van der Waals surface area contributed by atoms with Crippen LogP contribution in [0.2, 0.25) is 0 Å². The van der Waals surface area contributed by atoms with Gasteiger partial charge in [0.25, 0.3) is 0 Å². The summed E-state index contributed by atoms with van der Waals surface area (Å²) in [6, 6.07) is 0. The van der Waals surface area contributed by atoms with Gasteiger partial charge in [-0.2, -0.15) is 0 Å². The van der Waals surface area contributed by atoms with E-state index in [1.165, 1.54) is 25.7 Å². The van der Waals surface area contributed by atoms with Crippen LogP contribution in [0.25, 0.3) is 0 Å². The first-order valence-electron chi connectivity index (χ1n) is 7.39. The Bertz CT molecular complexity index is 205. The largest absolute Gasteiger partial charge is 0.393 e. The second-order valence-electron chi connectivity index (χ2n) is 6.41. The summed E-state index contributed by atoms with van der Waals surface area (Å²) in [7, 11) is 2.19. The Morgan fingerprint density at radius 3 is 2.59 bits per heavy atom. The fraction of sp³-hybridized carbons (Fsp3) is 1.00. The Morgan fingerprint density at radius 1 is 1.29 bits per heavy atom. The summed E-state index contributed by atoms with van der Waals surface area (Å²) in [6.07, 6.45) is 6.06. The zero-order chi connectivity index (χ0) is 12.8. The van der Waals surface area contributed by atoms with E-state index in [1.807, 2.05) is 0 Å². The van der Waals surface area contributed by atoms with E-state index in [1.54, 1.807) is 0 Å². The number of aliphatic hydroxyl groups is 1. The van der Waals surface area contributed by atoms with Crippen LogP contribution in [0.3, 0.4) is 0 Å². The highest BCUT2D eigenvalue weighted by atomic mass is 16.3. The number of rotatable bonds is 6. The van der Waals surface area contributed by atoms with Gasteiger partial charge in [-0.25, -0.2) is 0 Å². The molecule has 2 heteroatoms. The highest BCUT2D eigenvalue weighted by molar-refractivity contribution is 4.81. The normalized spacial score (nSPS) is 30.2. The summed E-state index contributed by atoms with van der Waals surface area (Å²) in [5, 5.41) is 10.1. The number of aliphatic hydroxyl groups excluding tert-OH is 1. The maximum Gasteiger partial charge on any atom is 0.0580 e. The van der Waals surface area contributed by atoms with Gasteiger partial charge in [-0.3, -0.25) is 0 Å². The molecule has 2 nitrogen and oxygen atoms in total. The van der Waals surface area contributed by atoms with Gasteiger partial charge >= 0.3 is 0 Å². The van der Waals surface area contributed by atoms with Crippen molar-refractivity contribution >= 4 is 0 Å². The Hall–Kier alpha value is -0.0800. The van der Waals surface area contributed by atoms with Gasteiger partial charge in [-0.15, -0.1) is 0 Å². The van der Waals surface area contributed by atoms with E-state index >= 15 is 0 Å². The average Bonchev–Trinajstić information content (AvgIpc) is 2.22. The Labute approximate surface area is 107 Å². The van der Waals surface area contributed by atoms with Crippen LogP contribution in [0.5, 0.6) is 0 Å². The molecule has 0 heterocycles. The second-order valence-corrected chi connectivity index (χ2v) is 6.41. The zero-order valence-corrected chi connectivity index (χ0v) is 12.2. The molecule has 1 saturated carbocycles. The highest BCUT2D eigenvalue weighted by Crippen LogP contribution is 2.32. The van der Waals surface area contributed by atoms with Gasteiger partial charge in [0.15, 0.2) is 0 Å². The average molecular weight is 241 g/mol. The molecular weight excluding hydrogens is 210 g/mol. The molecule has 0 saturated heterocycles. The molecule has 1 aliphatic carbocycles. The quantitative estimate of drug-likeness (QED) is 0.772. The molecule has 1 rings (SSSR count). The minimum absolute atomic E-state index is 0.0577. The van der Waals surface area contributed by atoms with Crippen LogP contribution >= 0.6 is 0 Å². The van der Waals surface area contributed by atoms with Gasteiger partial charge in [0.05, 0.1) is 6.10 Å². The van der Waals surface area contributed by atoms with Crippen molar-refractivity contribution in [3.63, 3.8) is 0 Å². The van der Waals surface area contributed by atoms with E-state index in [4.69, 9.17) is 0 Å². The summed E-state index contributed by atoms with van der Waals surface area (Å²) in [5.74, 6) is 2.08. The molecule has 0 aliphatic heterocycles. The number of nitrogens with zero attached hydrogens (tertiary/aromatic N) is 1. The maximum absolute atomic E-state index is 10.1. The molecule has 0 spiro atoms. The van der Waals surface area contributed by atoms with Gasteiger partial charge in [-0.1, -0.05) is 33.6 Å². The van der Waals surface area contributed by atoms with Gasteiger partial charge in [-0.05, 0) is 44.1 Å². The molecule has 1 N–H and O–H groups in total. The molecule has 3 atom stereocenters. The third-order valence-corrected chi connectivity index (χ3v) is 3.97. The van der Waals surface area contributed by atoms with Gasteiger partial charge in [0.2, 0.25) is 0 Å². The van der Waals surface area contributed by atoms with Crippen molar-refractivity contribution in [1.82, 2.24) is 4.90 Å². The summed E-state index contributed by atoms with van der Waals surface area (Å²) < 4.78 is 0. The molecule has 3 unspecified atom stereocenters. The van der Waals surface area contributed by atoms with E-state index < -0.39 is 0 Å². The number of hydrogen-bond acceptors (Lipinski definition) is 2. The van der Waals surface area contributed by atoms with Crippen molar-refractivity contribution in [2.45, 2.75) is 59.0 Å². The lowest BCUT2D eigenvalue weighted by atomic mass is 9.77. The molecule has 1 aliphatic rings. The Kier molecular flexibility index (Phi) is 6.50. The fourth-order valence-electron chi connectivity index (χ4n) is 3.31. The van der Waals surface area contributed by atoms with Crippen molar-refractivity contribution in [2.75, 3.05) is 20.1 Å². The smallest absolute Gasteiger partial charge is 0.0580 e. The minimum atomic E-state index is -0.0577. The predicted molar refractivity (Wildman–Crippen MR) is 74.1 cm³/mol. The van der Waals surface area contributed by atoms with Crippen molar-refractivity contribution in [3.8, 4) is 0 Å². The van der Waals surface area contributed by atoms with Crippen LogP contribution in [0.15, 0.2) is 0 Å². The summed E-state index contributed by atoms with van der Waals surface area (Å²) >= 11 is 0. The molecule has 102 valence electrons. The molecule has 0 amide bonds. The van der Waals surface area contributed by atoms with E-state index in [0.717, 1.165) is 25.4 Å². The van der Waals surface area contributed by atoms with Crippen LogP contribution in [-0.4, -0.2) is 36.2 Å². The van der Waals surface area contributed by atoms with Crippen LogP contribution in [0.1, 0.15) is 52.9 Å². The maximum atomic E-state index is 10.1. The lowest BCUT2D eigenvalue weighted by molar-refractivity contribution is 0.0284. The van der Waals surface area contributed by atoms with E-state index in [0.29, 0.717) is 11.8 Å². The van der Waals surface area contributed by atoms with Crippen LogP contribution in [-0.2, 0) is 0 Å². The third-order valence-electron chi connectivity index (χ3n) is 3.97. The molecule has 0 bridgehead atoms. The number of hydrogen-bond donors (Lipinski definition) is 1. The van der Waals surface area contributed by atoms with Crippen molar-refractivity contribution < 1.29 is 5.11 Å². The van der Waals surface area contributed by atoms with Crippen molar-refractivity contribution in [1.29, 1.82) is 0 Å². The monoisotopic (exact) mass is 241 g/mol. The van der Waals surface area contributed by atoms with Gasteiger partial charge in [0.1, 0.15) is 0 Å². The Morgan fingerprint density at radius 2 is 2.00 bits per heavy atom. The lowest BCUT2D eigenvalue weighted by Gasteiger charge is -2.36. The topological polar surface area (TPSA) is 23.5 Å². The summed E-state index contributed by atoms with van der Waals surface area (Å²) in [4.78, 5) is 2.40. The Balaban J connectivity index is 2.38. The van der Waals surface area contributed by atoms with Crippen LogP contribution < -0.4 is 0 Å². The second kappa shape index (κ2) is 7.38. The fourth-order valence-corrected chi connectivity index (χ4v) is 3.31. The van der Waals surface area contributed by atoms with Gasteiger partial charge in [0, 0.05) is 13.1 Å². The van der Waals surface area contributed by atoms with E-state index in [2.05, 4.69) is 32.7 Å². The molecule has 0 aromatic carbocycles. The molecule has 0 radical (unpaired) electrons. The molecule has 0 aromatic rings. The first-order valence-corrected chi connectivity index (χ1v) is 7.39. The van der Waals surface area contributed by atoms with Crippen LogP contribution in [0.4, 0.5) is 0 Å². The summed E-state index contributed by atoms with van der Waals surface area (Å²) in [6.45, 7) is 8.99. The van der Waals surface area contributed by atoms with Gasteiger partial charge < -0.3 is 10.0 Å². The molecular formula is C15H31NO. The molecule has 1 fully saturated rings. The summed E-state index contributed by atoms with van der Waals surface area (Å²) in [5.41, 5.74) is 0. The lowest BCUT2D eigenvalue weighted by Crippen LogP contribution is -2.38. The third kappa shape index (κ3) is 5.39. The SMILES string of the molecule is CCCC1CCC(O)C(CN(C)CC(C)C)C1. The standard InChI is InChI=1S/C15H31NO/c1-5-6-13-7-8-15(17)14(9-13)11-16(4)10-12(2)3/h12-15,17H,5-11H2,1-4H3.